The van der Waals surface area contributed by atoms with Crippen LogP contribution in [0.2, 0.25) is 0 Å². The average molecular weight is 291 g/mol. The molecule has 0 unspecified atom stereocenters. The molecule has 0 atom stereocenters. The molecule has 1 aliphatic rings. The minimum Gasteiger partial charge on any atom is -0.493 e. The van der Waals surface area contributed by atoms with Crippen molar-refractivity contribution in [2.24, 2.45) is 0 Å². The van der Waals surface area contributed by atoms with Gasteiger partial charge in [-0.3, -0.25) is 4.79 Å². The first-order valence-corrected chi connectivity index (χ1v) is 7.86. The molecule has 21 heavy (non-hydrogen) atoms. The number of rotatable bonds is 6. The predicted octanol–water partition coefficient (Wildman–Crippen LogP) is 3.55. The number of amides is 1. The molecular weight excluding hydrogens is 266 g/mol. The molecule has 0 saturated heterocycles. The minimum absolute atomic E-state index is 0.0257. The summed E-state index contributed by atoms with van der Waals surface area (Å²) >= 11 is 0. The van der Waals surface area contributed by atoms with Crippen molar-refractivity contribution >= 4 is 5.91 Å². The van der Waals surface area contributed by atoms with Crippen LogP contribution in [0.25, 0.3) is 0 Å². The third-order valence-corrected chi connectivity index (χ3v) is 3.83. The molecule has 1 fully saturated rings. The molecule has 0 aromatic heterocycles. The van der Waals surface area contributed by atoms with Crippen molar-refractivity contribution in [2.45, 2.75) is 51.5 Å². The van der Waals surface area contributed by atoms with Crippen molar-refractivity contribution in [2.75, 3.05) is 13.7 Å². The number of carbonyl (C=O) groups is 1. The van der Waals surface area contributed by atoms with Gasteiger partial charge in [0.15, 0.2) is 11.5 Å². The number of benzene rings is 1. The SMILES string of the molecule is CCCOc1ccc(C(=O)NC2CCCCC2)cc1OC. The van der Waals surface area contributed by atoms with Gasteiger partial charge in [-0.1, -0.05) is 26.2 Å². The van der Waals surface area contributed by atoms with Crippen LogP contribution in [0.4, 0.5) is 0 Å². The van der Waals surface area contributed by atoms with Crippen LogP contribution in [0.15, 0.2) is 18.2 Å². The fraction of sp³-hybridized carbons (Fsp3) is 0.588. The minimum atomic E-state index is -0.0257. The Morgan fingerprint density at radius 2 is 2.00 bits per heavy atom. The van der Waals surface area contributed by atoms with Gasteiger partial charge in [-0.15, -0.1) is 0 Å². The van der Waals surface area contributed by atoms with Gasteiger partial charge in [0.05, 0.1) is 13.7 Å². The van der Waals surface area contributed by atoms with Crippen LogP contribution in [-0.4, -0.2) is 25.7 Å². The second kappa shape index (κ2) is 7.91. The molecule has 4 nitrogen and oxygen atoms in total. The summed E-state index contributed by atoms with van der Waals surface area (Å²) in [7, 11) is 1.59. The summed E-state index contributed by atoms with van der Waals surface area (Å²) in [6.45, 7) is 2.70. The normalized spacial score (nSPS) is 15.5. The lowest BCUT2D eigenvalue weighted by molar-refractivity contribution is 0.0927. The van der Waals surface area contributed by atoms with E-state index >= 15 is 0 Å². The van der Waals surface area contributed by atoms with Gasteiger partial charge >= 0.3 is 0 Å². The number of hydrogen-bond donors (Lipinski definition) is 1. The van der Waals surface area contributed by atoms with E-state index in [1.165, 1.54) is 19.3 Å². The second-order valence-corrected chi connectivity index (χ2v) is 5.52. The highest BCUT2D eigenvalue weighted by Gasteiger charge is 2.17. The van der Waals surface area contributed by atoms with E-state index in [1.807, 2.05) is 6.07 Å². The molecule has 1 saturated carbocycles. The predicted molar refractivity (Wildman–Crippen MR) is 83.1 cm³/mol. The lowest BCUT2D eigenvalue weighted by atomic mass is 9.95. The van der Waals surface area contributed by atoms with E-state index in [-0.39, 0.29) is 5.91 Å². The molecule has 0 bridgehead atoms. The summed E-state index contributed by atoms with van der Waals surface area (Å²) in [5.41, 5.74) is 0.626. The summed E-state index contributed by atoms with van der Waals surface area (Å²) < 4.78 is 10.9. The molecule has 0 heterocycles. The molecule has 1 aromatic rings. The molecule has 1 N–H and O–H groups in total. The topological polar surface area (TPSA) is 47.6 Å². The summed E-state index contributed by atoms with van der Waals surface area (Å²) in [6, 6.07) is 5.67. The molecule has 0 aliphatic heterocycles. The fourth-order valence-corrected chi connectivity index (χ4v) is 2.66. The van der Waals surface area contributed by atoms with Gasteiger partial charge in [0.25, 0.3) is 5.91 Å². The molecular formula is C17H25NO3. The van der Waals surface area contributed by atoms with E-state index in [9.17, 15) is 4.79 Å². The summed E-state index contributed by atoms with van der Waals surface area (Å²) in [5.74, 6) is 1.27. The summed E-state index contributed by atoms with van der Waals surface area (Å²) in [6.07, 6.45) is 6.80. The molecule has 2 rings (SSSR count). The lowest BCUT2D eigenvalue weighted by Crippen LogP contribution is -2.36. The first-order valence-electron chi connectivity index (χ1n) is 7.86. The van der Waals surface area contributed by atoms with E-state index in [4.69, 9.17) is 9.47 Å². The van der Waals surface area contributed by atoms with Gasteiger partial charge < -0.3 is 14.8 Å². The van der Waals surface area contributed by atoms with Crippen molar-refractivity contribution in [1.82, 2.24) is 5.32 Å². The fourth-order valence-electron chi connectivity index (χ4n) is 2.66. The second-order valence-electron chi connectivity index (χ2n) is 5.52. The Morgan fingerprint density at radius 1 is 1.24 bits per heavy atom. The van der Waals surface area contributed by atoms with Crippen LogP contribution in [-0.2, 0) is 0 Å². The summed E-state index contributed by atoms with van der Waals surface area (Å²) in [4.78, 5) is 12.3. The van der Waals surface area contributed by atoms with Gasteiger partial charge in [-0.25, -0.2) is 0 Å². The van der Waals surface area contributed by atoms with Gasteiger partial charge in [0, 0.05) is 11.6 Å². The maximum Gasteiger partial charge on any atom is 0.251 e. The third kappa shape index (κ3) is 4.38. The Bertz CT molecular complexity index is 467. The van der Waals surface area contributed by atoms with Gasteiger partial charge in [0.2, 0.25) is 0 Å². The molecule has 116 valence electrons. The van der Waals surface area contributed by atoms with E-state index in [2.05, 4.69) is 12.2 Å². The number of carbonyl (C=O) groups excluding carboxylic acids is 1. The van der Waals surface area contributed by atoms with Crippen molar-refractivity contribution in [1.29, 1.82) is 0 Å². The van der Waals surface area contributed by atoms with Crippen LogP contribution in [0.1, 0.15) is 55.8 Å². The van der Waals surface area contributed by atoms with Crippen LogP contribution in [0, 0.1) is 0 Å². The standard InChI is InChI=1S/C17H25NO3/c1-3-11-21-15-10-9-13(12-16(15)20-2)17(19)18-14-7-5-4-6-8-14/h9-10,12,14H,3-8,11H2,1-2H3,(H,18,19). The number of methoxy groups -OCH3 is 1. The molecule has 0 spiro atoms. The van der Waals surface area contributed by atoms with E-state index < -0.39 is 0 Å². The maximum absolute atomic E-state index is 12.3. The first kappa shape index (κ1) is 15.7. The molecule has 1 aromatic carbocycles. The van der Waals surface area contributed by atoms with Crippen molar-refractivity contribution in [3.8, 4) is 11.5 Å². The molecule has 4 heteroatoms. The van der Waals surface area contributed by atoms with Crippen LogP contribution >= 0.6 is 0 Å². The van der Waals surface area contributed by atoms with E-state index in [0.717, 1.165) is 19.3 Å². The van der Waals surface area contributed by atoms with Crippen molar-refractivity contribution in [3.63, 3.8) is 0 Å². The van der Waals surface area contributed by atoms with Crippen LogP contribution in [0.5, 0.6) is 11.5 Å². The van der Waals surface area contributed by atoms with Gasteiger partial charge in [-0.2, -0.15) is 0 Å². The number of hydrogen-bond acceptors (Lipinski definition) is 3. The number of nitrogens with one attached hydrogen (secondary N) is 1. The first-order chi connectivity index (χ1) is 10.2. The van der Waals surface area contributed by atoms with Gasteiger partial charge in [-0.05, 0) is 37.5 Å². The largest absolute Gasteiger partial charge is 0.493 e. The molecule has 1 amide bonds. The van der Waals surface area contributed by atoms with E-state index in [1.54, 1.807) is 19.2 Å². The lowest BCUT2D eigenvalue weighted by Gasteiger charge is -2.23. The zero-order chi connectivity index (χ0) is 15.1. The van der Waals surface area contributed by atoms with Crippen molar-refractivity contribution < 1.29 is 14.3 Å². The van der Waals surface area contributed by atoms with Crippen LogP contribution < -0.4 is 14.8 Å². The Morgan fingerprint density at radius 3 is 2.67 bits per heavy atom. The highest BCUT2D eigenvalue weighted by molar-refractivity contribution is 5.95. The molecule has 0 radical (unpaired) electrons. The molecule has 1 aliphatic carbocycles. The Hall–Kier alpha value is -1.71. The Kier molecular flexibility index (Phi) is 5.90. The smallest absolute Gasteiger partial charge is 0.251 e. The number of ether oxygens (including phenoxy) is 2. The zero-order valence-corrected chi connectivity index (χ0v) is 13.0. The van der Waals surface area contributed by atoms with Gasteiger partial charge in [0.1, 0.15) is 0 Å². The Labute approximate surface area is 126 Å². The zero-order valence-electron chi connectivity index (χ0n) is 13.0. The summed E-state index contributed by atoms with van der Waals surface area (Å²) in [5, 5.41) is 3.11. The van der Waals surface area contributed by atoms with E-state index in [0.29, 0.717) is 29.7 Å². The third-order valence-electron chi connectivity index (χ3n) is 3.83. The highest BCUT2D eigenvalue weighted by Crippen LogP contribution is 2.28. The highest BCUT2D eigenvalue weighted by atomic mass is 16.5. The van der Waals surface area contributed by atoms with Crippen molar-refractivity contribution in [3.05, 3.63) is 23.8 Å². The monoisotopic (exact) mass is 291 g/mol. The quantitative estimate of drug-likeness (QED) is 0.872. The average Bonchev–Trinajstić information content (AvgIpc) is 2.53. The Balaban J connectivity index is 2.03. The maximum atomic E-state index is 12.3. The van der Waals surface area contributed by atoms with Crippen LogP contribution in [0.3, 0.4) is 0 Å².